The normalized spacial score (nSPS) is 24.2. The Labute approximate surface area is 175 Å². The zero-order valence-corrected chi connectivity index (χ0v) is 17.7. The molecule has 10 heteroatoms. The van der Waals surface area contributed by atoms with Gasteiger partial charge in [0, 0.05) is 23.8 Å². The minimum absolute atomic E-state index is 0.0265. The molecule has 2 aromatic rings. The minimum atomic E-state index is -3.81. The van der Waals surface area contributed by atoms with E-state index >= 15 is 0 Å². The molecule has 1 unspecified atom stereocenters. The van der Waals surface area contributed by atoms with Gasteiger partial charge in [0.05, 0.1) is 16.0 Å². The first-order valence-electron chi connectivity index (χ1n) is 10.4. The van der Waals surface area contributed by atoms with Crippen LogP contribution in [-0.2, 0) is 22.9 Å². The number of aryl methyl sites for hydroxylation is 1. The average Bonchev–Trinajstić information content (AvgIpc) is 3.17. The lowest BCUT2D eigenvalue weighted by atomic mass is 9.88. The van der Waals surface area contributed by atoms with Crippen molar-refractivity contribution in [3.8, 4) is 0 Å². The molecule has 4 rings (SSSR count). The predicted molar refractivity (Wildman–Crippen MR) is 113 cm³/mol. The Bertz CT molecular complexity index is 1030. The molecule has 0 radical (unpaired) electrons. The number of benzene rings is 1. The van der Waals surface area contributed by atoms with E-state index in [4.69, 9.17) is 0 Å². The largest absolute Gasteiger partial charge is 0.376 e. The van der Waals surface area contributed by atoms with Gasteiger partial charge in [-0.1, -0.05) is 6.92 Å². The zero-order valence-electron chi connectivity index (χ0n) is 16.9. The van der Waals surface area contributed by atoms with Gasteiger partial charge in [0.15, 0.2) is 0 Å². The molecular weight excluding hydrogens is 406 g/mol. The second kappa shape index (κ2) is 8.35. The predicted octanol–water partition coefficient (Wildman–Crippen LogP) is 3.14. The summed E-state index contributed by atoms with van der Waals surface area (Å²) >= 11 is 0. The molecule has 1 saturated carbocycles. The highest BCUT2D eigenvalue weighted by Crippen LogP contribution is 2.31. The van der Waals surface area contributed by atoms with Crippen LogP contribution in [0.2, 0.25) is 0 Å². The van der Waals surface area contributed by atoms with E-state index in [2.05, 4.69) is 27.2 Å². The topological polar surface area (TPSA) is 130 Å². The number of aromatic amines is 1. The van der Waals surface area contributed by atoms with Crippen LogP contribution in [0.1, 0.15) is 50.3 Å². The molecule has 0 aliphatic heterocycles. The Morgan fingerprint density at radius 3 is 2.67 bits per heavy atom. The summed E-state index contributed by atoms with van der Waals surface area (Å²) in [4.78, 5) is 11.1. The van der Waals surface area contributed by atoms with Crippen molar-refractivity contribution in [2.45, 2.75) is 68.8 Å². The van der Waals surface area contributed by atoms with Crippen LogP contribution in [0, 0.1) is 16.0 Å². The highest BCUT2D eigenvalue weighted by molar-refractivity contribution is 7.89. The van der Waals surface area contributed by atoms with Crippen LogP contribution in [0.4, 0.5) is 11.4 Å². The number of hydrogen-bond donors (Lipinski definition) is 3. The first kappa shape index (κ1) is 20.8. The summed E-state index contributed by atoms with van der Waals surface area (Å²) in [6.45, 7) is 2.17. The summed E-state index contributed by atoms with van der Waals surface area (Å²) in [5.41, 5.74) is 2.31. The van der Waals surface area contributed by atoms with E-state index in [-0.39, 0.29) is 22.7 Å². The lowest BCUT2D eigenvalue weighted by molar-refractivity contribution is -0.384. The van der Waals surface area contributed by atoms with Crippen molar-refractivity contribution in [2.75, 3.05) is 5.32 Å². The monoisotopic (exact) mass is 433 g/mol. The Balaban J connectivity index is 1.51. The Morgan fingerprint density at radius 2 is 1.93 bits per heavy atom. The maximum Gasteiger partial charge on any atom is 0.293 e. The molecule has 3 N–H and O–H groups in total. The molecule has 30 heavy (non-hydrogen) atoms. The lowest BCUT2D eigenvalue weighted by Gasteiger charge is -2.26. The molecule has 1 heterocycles. The molecule has 2 aliphatic carbocycles. The van der Waals surface area contributed by atoms with E-state index in [0.717, 1.165) is 55.8 Å². The number of nitrogens with one attached hydrogen (secondary N) is 3. The number of hydrogen-bond acceptors (Lipinski definition) is 6. The second-order valence-corrected chi connectivity index (χ2v) is 10.2. The summed E-state index contributed by atoms with van der Waals surface area (Å²) in [7, 11) is -3.81. The quantitative estimate of drug-likeness (QED) is 0.474. The molecule has 1 atom stereocenters. The summed E-state index contributed by atoms with van der Waals surface area (Å²) in [6, 6.07) is 4.01. The van der Waals surface area contributed by atoms with Crippen LogP contribution in [0.15, 0.2) is 29.3 Å². The van der Waals surface area contributed by atoms with Crippen molar-refractivity contribution in [1.29, 1.82) is 0 Å². The smallest absolute Gasteiger partial charge is 0.293 e. The number of nitro benzene ring substituents is 1. The average molecular weight is 434 g/mol. The number of anilines is 1. The molecule has 0 bridgehead atoms. The first-order valence-corrected chi connectivity index (χ1v) is 11.9. The number of rotatable bonds is 6. The molecule has 0 amide bonds. The SMILES string of the molecule is CC1CCC(NS(=O)(=O)c2ccc(NC3CCc4[nH]ncc4C3)c([N+](=O)[O-])c2)CC1. The van der Waals surface area contributed by atoms with Gasteiger partial charge in [-0.05, 0) is 68.6 Å². The summed E-state index contributed by atoms with van der Waals surface area (Å²) < 4.78 is 28.3. The zero-order chi connectivity index (χ0) is 21.3. The summed E-state index contributed by atoms with van der Waals surface area (Å²) in [5.74, 6) is 0.607. The molecule has 2 aliphatic rings. The fourth-order valence-corrected chi connectivity index (χ4v) is 5.70. The van der Waals surface area contributed by atoms with Crippen LogP contribution >= 0.6 is 0 Å². The van der Waals surface area contributed by atoms with Crippen molar-refractivity contribution in [3.05, 3.63) is 45.8 Å². The van der Waals surface area contributed by atoms with Gasteiger partial charge in [0.2, 0.25) is 10.0 Å². The van der Waals surface area contributed by atoms with Gasteiger partial charge in [-0.25, -0.2) is 13.1 Å². The van der Waals surface area contributed by atoms with E-state index in [1.54, 1.807) is 6.20 Å². The summed E-state index contributed by atoms with van der Waals surface area (Å²) in [6.07, 6.45) is 7.67. The Morgan fingerprint density at radius 1 is 1.17 bits per heavy atom. The number of H-pyrrole nitrogens is 1. The lowest BCUT2D eigenvalue weighted by Crippen LogP contribution is -2.37. The highest BCUT2D eigenvalue weighted by Gasteiger charge is 2.28. The molecule has 162 valence electrons. The Kier molecular flexibility index (Phi) is 5.79. The van der Waals surface area contributed by atoms with E-state index in [1.807, 2.05) is 0 Å². The van der Waals surface area contributed by atoms with E-state index < -0.39 is 14.9 Å². The summed E-state index contributed by atoms with van der Waals surface area (Å²) in [5, 5.41) is 21.9. The number of nitro groups is 1. The van der Waals surface area contributed by atoms with Crippen LogP contribution in [0.3, 0.4) is 0 Å². The third kappa shape index (κ3) is 4.49. The van der Waals surface area contributed by atoms with Crippen molar-refractivity contribution >= 4 is 21.4 Å². The maximum absolute atomic E-state index is 12.8. The third-order valence-corrected chi connectivity index (χ3v) is 7.71. The van der Waals surface area contributed by atoms with E-state index in [1.165, 1.54) is 12.1 Å². The number of aromatic nitrogens is 2. The second-order valence-electron chi connectivity index (χ2n) is 8.47. The fraction of sp³-hybridized carbons (Fsp3) is 0.550. The highest BCUT2D eigenvalue weighted by atomic mass is 32.2. The number of nitrogens with zero attached hydrogens (tertiary/aromatic N) is 2. The first-order chi connectivity index (χ1) is 14.3. The molecule has 0 spiro atoms. The molecule has 9 nitrogen and oxygen atoms in total. The molecule has 1 fully saturated rings. The maximum atomic E-state index is 12.8. The standard InChI is InChI=1S/C20H27N5O4S/c1-13-2-4-15(5-3-13)24-30(28,29)17-7-9-19(20(11-17)25(26)27)22-16-6-8-18-14(10-16)12-21-23-18/h7,9,11-13,15-16,22,24H,2-6,8,10H2,1H3,(H,21,23). The van der Waals surface area contributed by atoms with Gasteiger partial charge < -0.3 is 5.32 Å². The van der Waals surface area contributed by atoms with Crippen LogP contribution in [0.5, 0.6) is 0 Å². The van der Waals surface area contributed by atoms with Gasteiger partial charge in [-0.3, -0.25) is 15.2 Å². The van der Waals surface area contributed by atoms with Crippen LogP contribution in [-0.4, -0.2) is 35.6 Å². The van der Waals surface area contributed by atoms with Gasteiger partial charge in [-0.15, -0.1) is 0 Å². The van der Waals surface area contributed by atoms with E-state index in [9.17, 15) is 18.5 Å². The van der Waals surface area contributed by atoms with Crippen LogP contribution in [0.25, 0.3) is 0 Å². The minimum Gasteiger partial charge on any atom is -0.376 e. The van der Waals surface area contributed by atoms with Gasteiger partial charge in [0.25, 0.3) is 5.69 Å². The fourth-order valence-electron chi connectivity index (χ4n) is 4.38. The molecular formula is C20H27N5O4S. The van der Waals surface area contributed by atoms with Crippen molar-refractivity contribution in [3.63, 3.8) is 0 Å². The van der Waals surface area contributed by atoms with Crippen LogP contribution < -0.4 is 10.0 Å². The molecule has 1 aromatic carbocycles. The third-order valence-electron chi connectivity index (χ3n) is 6.19. The molecule has 1 aromatic heterocycles. The molecule has 0 saturated heterocycles. The number of sulfonamides is 1. The number of fused-ring (bicyclic) bond motifs is 1. The van der Waals surface area contributed by atoms with Crippen molar-refractivity contribution in [2.24, 2.45) is 5.92 Å². The Hall–Kier alpha value is -2.46. The van der Waals surface area contributed by atoms with E-state index in [0.29, 0.717) is 18.0 Å². The van der Waals surface area contributed by atoms with Gasteiger partial charge >= 0.3 is 0 Å². The van der Waals surface area contributed by atoms with Crippen molar-refractivity contribution in [1.82, 2.24) is 14.9 Å². The van der Waals surface area contributed by atoms with Crippen molar-refractivity contribution < 1.29 is 13.3 Å². The van der Waals surface area contributed by atoms with Gasteiger partial charge in [-0.2, -0.15) is 5.10 Å². The van der Waals surface area contributed by atoms with Gasteiger partial charge in [0.1, 0.15) is 5.69 Å².